The topological polar surface area (TPSA) is 21.3 Å². The Bertz CT molecular complexity index is 425. The molecule has 118 valence electrons. The molecule has 0 aliphatic heterocycles. The summed E-state index contributed by atoms with van der Waals surface area (Å²) in [5.41, 5.74) is 1.26. The van der Waals surface area contributed by atoms with Gasteiger partial charge < -0.3 is 10.1 Å². The highest BCUT2D eigenvalue weighted by Crippen LogP contribution is 2.32. The molecule has 1 aromatic rings. The average molecular weight is 354 g/mol. The molecule has 0 saturated heterocycles. The van der Waals surface area contributed by atoms with Gasteiger partial charge in [-0.3, -0.25) is 0 Å². The molecule has 0 unspecified atom stereocenters. The molecule has 0 bridgehead atoms. The van der Waals surface area contributed by atoms with Gasteiger partial charge in [-0.2, -0.15) is 0 Å². The fraction of sp³-hybridized carbons (Fsp3) is 0.667. The maximum Gasteiger partial charge on any atom is 0.138 e. The van der Waals surface area contributed by atoms with E-state index in [-0.39, 0.29) is 0 Å². The Kier molecular flexibility index (Phi) is 7.05. The van der Waals surface area contributed by atoms with Crippen LogP contribution in [0.15, 0.2) is 22.7 Å². The van der Waals surface area contributed by atoms with Gasteiger partial charge in [0.15, 0.2) is 0 Å². The minimum Gasteiger partial charge on any atom is -0.489 e. The third kappa shape index (κ3) is 5.63. The Morgan fingerprint density at radius 2 is 1.90 bits per heavy atom. The van der Waals surface area contributed by atoms with Gasteiger partial charge >= 0.3 is 0 Å². The maximum atomic E-state index is 6.37. The summed E-state index contributed by atoms with van der Waals surface area (Å²) in [4.78, 5) is 0. The molecule has 0 radical (unpaired) electrons. The number of rotatable bonds is 6. The van der Waals surface area contributed by atoms with Crippen molar-refractivity contribution in [2.24, 2.45) is 5.92 Å². The van der Waals surface area contributed by atoms with Crippen molar-refractivity contribution >= 4 is 15.9 Å². The molecule has 0 spiro atoms. The number of ether oxygens (including phenoxy) is 1. The second-order valence-corrected chi connectivity index (χ2v) is 7.34. The van der Waals surface area contributed by atoms with E-state index in [1.54, 1.807) is 0 Å². The number of nitrogens with one attached hydrogen (secondary N) is 1. The van der Waals surface area contributed by atoms with Gasteiger partial charge in [-0.05, 0) is 60.1 Å². The van der Waals surface area contributed by atoms with Gasteiger partial charge in [0.1, 0.15) is 5.75 Å². The molecule has 0 amide bonds. The molecule has 2 rings (SSSR count). The first kappa shape index (κ1) is 16.8. The smallest absolute Gasteiger partial charge is 0.138 e. The second kappa shape index (κ2) is 8.79. The van der Waals surface area contributed by atoms with Crippen LogP contribution >= 0.6 is 15.9 Å². The lowest BCUT2D eigenvalue weighted by Crippen LogP contribution is -2.21. The quantitative estimate of drug-likeness (QED) is 0.700. The molecule has 2 nitrogen and oxygen atoms in total. The number of halogens is 1. The number of para-hydroxylation sites is 1. The van der Waals surface area contributed by atoms with Crippen molar-refractivity contribution < 1.29 is 4.74 Å². The van der Waals surface area contributed by atoms with Crippen LogP contribution in [0.1, 0.15) is 57.9 Å². The van der Waals surface area contributed by atoms with Crippen molar-refractivity contribution in [3.63, 3.8) is 0 Å². The highest BCUT2D eigenvalue weighted by atomic mass is 79.9. The molecule has 0 atom stereocenters. The lowest BCUT2D eigenvalue weighted by atomic mass is 10.1. The van der Waals surface area contributed by atoms with Gasteiger partial charge in [0.2, 0.25) is 0 Å². The molecular formula is C18H28BrNO. The lowest BCUT2D eigenvalue weighted by Gasteiger charge is -2.21. The summed E-state index contributed by atoms with van der Waals surface area (Å²) >= 11 is 3.66. The van der Waals surface area contributed by atoms with Gasteiger partial charge in [-0.15, -0.1) is 0 Å². The van der Waals surface area contributed by atoms with Crippen LogP contribution in [0.5, 0.6) is 5.75 Å². The number of hydrogen-bond donors (Lipinski definition) is 1. The minimum atomic E-state index is 0.384. The van der Waals surface area contributed by atoms with E-state index in [4.69, 9.17) is 4.74 Å². The van der Waals surface area contributed by atoms with E-state index in [1.165, 1.54) is 44.1 Å². The number of hydrogen-bond acceptors (Lipinski definition) is 2. The standard InChI is InChI=1S/C18H28BrNO/c1-14(2)12-20-13-15-8-7-11-17(19)18(15)21-16-9-5-3-4-6-10-16/h7-8,11,14,16,20H,3-6,9-10,12-13H2,1-2H3. The molecular weight excluding hydrogens is 326 g/mol. The summed E-state index contributed by atoms with van der Waals surface area (Å²) in [5, 5.41) is 3.52. The molecule has 1 saturated carbocycles. The van der Waals surface area contributed by atoms with Gasteiger partial charge in [-0.1, -0.05) is 38.8 Å². The van der Waals surface area contributed by atoms with Crippen molar-refractivity contribution in [1.82, 2.24) is 5.32 Å². The molecule has 0 heterocycles. The normalized spacial score (nSPS) is 17.0. The second-order valence-electron chi connectivity index (χ2n) is 6.48. The van der Waals surface area contributed by atoms with Gasteiger partial charge in [0.05, 0.1) is 10.6 Å². The fourth-order valence-corrected chi connectivity index (χ4v) is 3.35. The summed E-state index contributed by atoms with van der Waals surface area (Å²) in [6.07, 6.45) is 8.10. The van der Waals surface area contributed by atoms with E-state index in [0.29, 0.717) is 12.0 Å². The maximum absolute atomic E-state index is 6.37. The Labute approximate surface area is 137 Å². The summed E-state index contributed by atoms with van der Waals surface area (Å²) in [5.74, 6) is 1.71. The molecule has 1 aromatic carbocycles. The third-order valence-electron chi connectivity index (χ3n) is 4.00. The molecule has 3 heteroatoms. The predicted octanol–water partition coefficient (Wildman–Crippen LogP) is 5.30. The Morgan fingerprint density at radius 3 is 2.57 bits per heavy atom. The van der Waals surface area contributed by atoms with Crippen molar-refractivity contribution in [1.29, 1.82) is 0 Å². The molecule has 1 aliphatic rings. The van der Waals surface area contributed by atoms with Crippen molar-refractivity contribution in [2.75, 3.05) is 6.54 Å². The molecule has 0 aromatic heterocycles. The first-order valence-electron chi connectivity index (χ1n) is 8.31. The Hall–Kier alpha value is -0.540. The zero-order valence-electron chi connectivity index (χ0n) is 13.3. The van der Waals surface area contributed by atoms with Crippen LogP contribution in [0.25, 0.3) is 0 Å². The van der Waals surface area contributed by atoms with E-state index in [9.17, 15) is 0 Å². The Morgan fingerprint density at radius 1 is 1.19 bits per heavy atom. The van der Waals surface area contributed by atoms with Gasteiger partial charge in [0, 0.05) is 12.1 Å². The van der Waals surface area contributed by atoms with E-state index in [2.05, 4.69) is 53.3 Å². The molecule has 21 heavy (non-hydrogen) atoms. The molecule has 1 N–H and O–H groups in total. The van der Waals surface area contributed by atoms with E-state index >= 15 is 0 Å². The molecule has 1 fully saturated rings. The summed E-state index contributed by atoms with van der Waals surface area (Å²) in [6.45, 7) is 6.38. The number of benzene rings is 1. The van der Waals surface area contributed by atoms with E-state index in [1.807, 2.05) is 0 Å². The predicted molar refractivity (Wildman–Crippen MR) is 92.8 cm³/mol. The molecule has 1 aliphatic carbocycles. The van der Waals surface area contributed by atoms with Crippen LogP contribution in [0.3, 0.4) is 0 Å². The summed E-state index contributed by atoms with van der Waals surface area (Å²) in [7, 11) is 0. The van der Waals surface area contributed by atoms with E-state index in [0.717, 1.165) is 23.3 Å². The third-order valence-corrected chi connectivity index (χ3v) is 4.63. The first-order valence-corrected chi connectivity index (χ1v) is 9.11. The average Bonchev–Trinajstić information content (AvgIpc) is 2.70. The monoisotopic (exact) mass is 353 g/mol. The SMILES string of the molecule is CC(C)CNCc1cccc(Br)c1OC1CCCCCC1. The first-order chi connectivity index (χ1) is 10.2. The Balaban J connectivity index is 2.02. The summed E-state index contributed by atoms with van der Waals surface area (Å²) in [6, 6.07) is 6.35. The minimum absolute atomic E-state index is 0.384. The zero-order chi connectivity index (χ0) is 15.1. The van der Waals surface area contributed by atoms with Crippen LogP contribution < -0.4 is 10.1 Å². The zero-order valence-corrected chi connectivity index (χ0v) is 14.9. The lowest BCUT2D eigenvalue weighted by molar-refractivity contribution is 0.180. The highest BCUT2D eigenvalue weighted by molar-refractivity contribution is 9.10. The highest BCUT2D eigenvalue weighted by Gasteiger charge is 2.17. The van der Waals surface area contributed by atoms with Crippen LogP contribution in [0.2, 0.25) is 0 Å². The van der Waals surface area contributed by atoms with Crippen LogP contribution in [0.4, 0.5) is 0 Å². The van der Waals surface area contributed by atoms with Crippen LogP contribution in [-0.2, 0) is 6.54 Å². The van der Waals surface area contributed by atoms with Gasteiger partial charge in [0.25, 0.3) is 0 Å². The van der Waals surface area contributed by atoms with Crippen LogP contribution in [-0.4, -0.2) is 12.6 Å². The van der Waals surface area contributed by atoms with Gasteiger partial charge in [-0.25, -0.2) is 0 Å². The van der Waals surface area contributed by atoms with Crippen molar-refractivity contribution in [3.8, 4) is 5.75 Å². The van der Waals surface area contributed by atoms with Crippen LogP contribution in [0, 0.1) is 5.92 Å². The largest absolute Gasteiger partial charge is 0.489 e. The fourth-order valence-electron chi connectivity index (χ4n) is 2.85. The summed E-state index contributed by atoms with van der Waals surface area (Å²) < 4.78 is 7.45. The van der Waals surface area contributed by atoms with E-state index < -0.39 is 0 Å². The van der Waals surface area contributed by atoms with Crippen molar-refractivity contribution in [3.05, 3.63) is 28.2 Å². The van der Waals surface area contributed by atoms with Crippen molar-refractivity contribution in [2.45, 2.75) is 65.0 Å².